The topological polar surface area (TPSA) is 12.0 Å². The van der Waals surface area contributed by atoms with Gasteiger partial charge in [-0.05, 0) is 51.8 Å². The molecule has 0 bridgehead atoms. The Kier molecular flexibility index (Phi) is 4.79. The molecule has 0 unspecified atom stereocenters. The lowest BCUT2D eigenvalue weighted by molar-refractivity contribution is 1.15. The standard InChI is InChI=1S/C13H9BrCl3N/c14-12-2-1-8(3-13(12)17)7-18-11-5-9(15)4-10(16)6-11/h1-6,18H,7H2. The number of nitrogens with one attached hydrogen (secondary N) is 1. The van der Waals surface area contributed by atoms with Gasteiger partial charge in [0.05, 0.1) is 5.02 Å². The first-order valence-corrected chi connectivity index (χ1v) is 7.11. The molecule has 0 spiro atoms. The van der Waals surface area contributed by atoms with E-state index in [1.54, 1.807) is 6.07 Å². The molecule has 0 heterocycles. The lowest BCUT2D eigenvalue weighted by Gasteiger charge is -2.08. The Morgan fingerprint density at radius 1 is 0.944 bits per heavy atom. The van der Waals surface area contributed by atoms with Crippen LogP contribution in [-0.2, 0) is 6.54 Å². The zero-order valence-electron chi connectivity index (χ0n) is 9.18. The van der Waals surface area contributed by atoms with Crippen LogP contribution < -0.4 is 5.32 Å². The van der Waals surface area contributed by atoms with Gasteiger partial charge in [0, 0.05) is 26.8 Å². The molecule has 2 aromatic rings. The van der Waals surface area contributed by atoms with E-state index in [0.717, 1.165) is 15.7 Å². The number of hydrogen-bond acceptors (Lipinski definition) is 1. The van der Waals surface area contributed by atoms with Crippen molar-refractivity contribution in [3.63, 3.8) is 0 Å². The molecular formula is C13H9BrCl3N. The summed E-state index contributed by atoms with van der Waals surface area (Å²) in [6.45, 7) is 0.656. The molecule has 1 N–H and O–H groups in total. The minimum atomic E-state index is 0.610. The minimum absolute atomic E-state index is 0.610. The summed E-state index contributed by atoms with van der Waals surface area (Å²) in [4.78, 5) is 0. The number of hydrogen-bond donors (Lipinski definition) is 1. The summed E-state index contributed by atoms with van der Waals surface area (Å²) < 4.78 is 0.888. The Bertz CT molecular complexity index is 552. The molecule has 0 saturated heterocycles. The van der Waals surface area contributed by atoms with Gasteiger partial charge >= 0.3 is 0 Å². The molecule has 0 radical (unpaired) electrons. The van der Waals surface area contributed by atoms with Crippen LogP contribution in [0, 0.1) is 0 Å². The van der Waals surface area contributed by atoms with Gasteiger partial charge in [-0.1, -0.05) is 40.9 Å². The van der Waals surface area contributed by atoms with Gasteiger partial charge in [0.1, 0.15) is 0 Å². The molecule has 0 amide bonds. The van der Waals surface area contributed by atoms with Crippen molar-refractivity contribution in [2.75, 3.05) is 5.32 Å². The molecule has 0 aliphatic carbocycles. The largest absolute Gasteiger partial charge is 0.381 e. The van der Waals surface area contributed by atoms with Crippen molar-refractivity contribution in [1.82, 2.24) is 0 Å². The Labute approximate surface area is 129 Å². The first-order valence-electron chi connectivity index (χ1n) is 5.18. The van der Waals surface area contributed by atoms with E-state index in [1.165, 1.54) is 0 Å². The third-order valence-corrected chi connectivity index (χ3v) is 4.01. The van der Waals surface area contributed by atoms with Gasteiger partial charge in [-0.3, -0.25) is 0 Å². The third-order valence-electron chi connectivity index (χ3n) is 2.34. The predicted octanol–water partition coefficient (Wildman–Crippen LogP) is 6.02. The quantitative estimate of drug-likeness (QED) is 0.701. The highest BCUT2D eigenvalue weighted by Gasteiger charge is 2.01. The molecule has 0 aliphatic heterocycles. The highest BCUT2D eigenvalue weighted by atomic mass is 79.9. The molecule has 18 heavy (non-hydrogen) atoms. The van der Waals surface area contributed by atoms with Crippen molar-refractivity contribution >= 4 is 56.4 Å². The molecule has 0 atom stereocenters. The monoisotopic (exact) mass is 363 g/mol. The number of halogens is 4. The van der Waals surface area contributed by atoms with Crippen molar-refractivity contribution < 1.29 is 0 Å². The van der Waals surface area contributed by atoms with E-state index in [9.17, 15) is 0 Å². The molecule has 1 nitrogen and oxygen atoms in total. The smallest absolute Gasteiger partial charge is 0.0551 e. The van der Waals surface area contributed by atoms with E-state index in [1.807, 2.05) is 30.3 Å². The summed E-state index contributed by atoms with van der Waals surface area (Å²) in [5, 5.41) is 5.16. The van der Waals surface area contributed by atoms with Crippen LogP contribution in [0.3, 0.4) is 0 Å². The molecule has 0 fully saturated rings. The summed E-state index contributed by atoms with van der Waals surface area (Å²) >= 11 is 21.2. The van der Waals surface area contributed by atoms with Gasteiger partial charge in [0.25, 0.3) is 0 Å². The maximum Gasteiger partial charge on any atom is 0.0551 e. The second kappa shape index (κ2) is 6.16. The number of rotatable bonds is 3. The van der Waals surface area contributed by atoms with E-state index in [2.05, 4.69) is 21.2 Å². The molecular weight excluding hydrogens is 356 g/mol. The second-order valence-electron chi connectivity index (χ2n) is 3.76. The number of anilines is 1. The van der Waals surface area contributed by atoms with Crippen molar-refractivity contribution in [2.45, 2.75) is 6.54 Å². The van der Waals surface area contributed by atoms with Gasteiger partial charge in [0.2, 0.25) is 0 Å². The maximum absolute atomic E-state index is 6.03. The van der Waals surface area contributed by atoms with Crippen molar-refractivity contribution in [2.24, 2.45) is 0 Å². The molecule has 2 aromatic carbocycles. The zero-order valence-corrected chi connectivity index (χ0v) is 13.0. The highest BCUT2D eigenvalue weighted by molar-refractivity contribution is 9.10. The average molecular weight is 365 g/mol. The molecule has 5 heteroatoms. The zero-order chi connectivity index (χ0) is 13.1. The third kappa shape index (κ3) is 3.79. The van der Waals surface area contributed by atoms with Gasteiger partial charge in [0.15, 0.2) is 0 Å². The molecule has 0 saturated carbocycles. The highest BCUT2D eigenvalue weighted by Crippen LogP contribution is 2.25. The minimum Gasteiger partial charge on any atom is -0.381 e. The van der Waals surface area contributed by atoms with Gasteiger partial charge in [-0.25, -0.2) is 0 Å². The van der Waals surface area contributed by atoms with Crippen LogP contribution in [0.15, 0.2) is 40.9 Å². The molecule has 0 aliphatic rings. The Hall–Kier alpha value is -0.410. The summed E-state index contributed by atoms with van der Waals surface area (Å²) in [7, 11) is 0. The van der Waals surface area contributed by atoms with Gasteiger partial charge in [-0.2, -0.15) is 0 Å². The molecule has 0 aromatic heterocycles. The van der Waals surface area contributed by atoms with Crippen molar-refractivity contribution in [3.05, 3.63) is 61.5 Å². The fraction of sp³-hybridized carbons (Fsp3) is 0.0769. The lowest BCUT2D eigenvalue weighted by Crippen LogP contribution is -1.99. The van der Waals surface area contributed by atoms with Crippen LogP contribution >= 0.6 is 50.7 Å². The first kappa shape index (κ1) is 14.0. The van der Waals surface area contributed by atoms with E-state index >= 15 is 0 Å². The SMILES string of the molecule is Clc1cc(Cl)cc(NCc2ccc(Br)c(Cl)c2)c1. The fourth-order valence-corrected chi connectivity index (χ4v) is 2.49. The average Bonchev–Trinajstić information content (AvgIpc) is 2.29. The van der Waals surface area contributed by atoms with Crippen LogP contribution in [0.1, 0.15) is 5.56 Å². The maximum atomic E-state index is 6.03. The van der Waals surface area contributed by atoms with Crippen molar-refractivity contribution in [3.8, 4) is 0 Å². The first-order chi connectivity index (χ1) is 8.54. The summed E-state index contributed by atoms with van der Waals surface area (Å²) in [6, 6.07) is 11.2. The van der Waals surface area contributed by atoms with Crippen LogP contribution in [0.25, 0.3) is 0 Å². The van der Waals surface area contributed by atoms with E-state index in [-0.39, 0.29) is 0 Å². The lowest BCUT2D eigenvalue weighted by atomic mass is 10.2. The van der Waals surface area contributed by atoms with E-state index in [0.29, 0.717) is 21.6 Å². The molecule has 2 rings (SSSR count). The van der Waals surface area contributed by atoms with Crippen LogP contribution in [0.4, 0.5) is 5.69 Å². The van der Waals surface area contributed by atoms with E-state index < -0.39 is 0 Å². The Morgan fingerprint density at radius 2 is 1.61 bits per heavy atom. The summed E-state index contributed by atoms with van der Waals surface area (Å²) in [5.41, 5.74) is 1.96. The van der Waals surface area contributed by atoms with Gasteiger partial charge < -0.3 is 5.32 Å². The Balaban J connectivity index is 2.08. The van der Waals surface area contributed by atoms with Crippen LogP contribution in [0.2, 0.25) is 15.1 Å². The Morgan fingerprint density at radius 3 is 2.22 bits per heavy atom. The van der Waals surface area contributed by atoms with E-state index in [4.69, 9.17) is 34.8 Å². The normalized spacial score (nSPS) is 10.4. The predicted molar refractivity (Wildman–Crippen MR) is 82.9 cm³/mol. The summed E-state index contributed by atoms with van der Waals surface area (Å²) in [6.07, 6.45) is 0. The number of benzene rings is 2. The van der Waals surface area contributed by atoms with Crippen molar-refractivity contribution in [1.29, 1.82) is 0 Å². The second-order valence-corrected chi connectivity index (χ2v) is 5.89. The molecule has 94 valence electrons. The van der Waals surface area contributed by atoms with Crippen LogP contribution in [0.5, 0.6) is 0 Å². The van der Waals surface area contributed by atoms with Crippen LogP contribution in [-0.4, -0.2) is 0 Å². The summed E-state index contributed by atoms with van der Waals surface area (Å²) in [5.74, 6) is 0. The fourth-order valence-electron chi connectivity index (χ4n) is 1.51. The van der Waals surface area contributed by atoms with Gasteiger partial charge in [-0.15, -0.1) is 0 Å².